The van der Waals surface area contributed by atoms with Crippen LogP contribution in [-0.4, -0.2) is 11.0 Å². The molecule has 1 fully saturated rings. The smallest absolute Gasteiger partial charge is 0.218 e. The van der Waals surface area contributed by atoms with Gasteiger partial charge in [-0.2, -0.15) is 0 Å². The third kappa shape index (κ3) is 3.71. The Hall–Kier alpha value is -1.58. The molecule has 1 N–H and O–H groups in total. The van der Waals surface area contributed by atoms with Gasteiger partial charge >= 0.3 is 0 Å². The molecule has 0 unspecified atom stereocenters. The van der Waals surface area contributed by atoms with Crippen LogP contribution in [-0.2, 0) is 13.2 Å². The molecule has 1 aromatic heterocycles. The van der Waals surface area contributed by atoms with Gasteiger partial charge in [-0.15, -0.1) is 0 Å². The van der Waals surface area contributed by atoms with E-state index in [-0.39, 0.29) is 0 Å². The highest BCUT2D eigenvalue weighted by atomic mass is 35.5. The van der Waals surface area contributed by atoms with Crippen molar-refractivity contribution in [3.63, 3.8) is 0 Å². The highest BCUT2D eigenvalue weighted by molar-refractivity contribution is 6.30. The number of ether oxygens (including phenoxy) is 1. The average Bonchev–Trinajstić information content (AvgIpc) is 3.30. The first kappa shape index (κ1) is 13.4. The summed E-state index contributed by atoms with van der Waals surface area (Å²) < 4.78 is 5.82. The maximum atomic E-state index is 5.87. The molecule has 1 aromatic carbocycles. The molecule has 3 rings (SSSR count). The van der Waals surface area contributed by atoms with Crippen molar-refractivity contribution in [2.24, 2.45) is 0 Å². The van der Waals surface area contributed by atoms with Crippen LogP contribution >= 0.6 is 11.6 Å². The summed E-state index contributed by atoms with van der Waals surface area (Å²) in [6.45, 7) is 1.32. The lowest BCUT2D eigenvalue weighted by Gasteiger charge is -2.10. The summed E-state index contributed by atoms with van der Waals surface area (Å²) in [6.07, 6.45) is 4.32. The Morgan fingerprint density at radius 1 is 1.20 bits per heavy atom. The summed E-state index contributed by atoms with van der Waals surface area (Å²) in [5, 5.41) is 4.22. The Morgan fingerprint density at radius 2 is 2.00 bits per heavy atom. The van der Waals surface area contributed by atoms with Crippen molar-refractivity contribution >= 4 is 11.6 Å². The molecular weight excluding hydrogens is 272 g/mol. The predicted octanol–water partition coefficient (Wildman–Crippen LogP) is 3.57. The van der Waals surface area contributed by atoms with Crippen molar-refractivity contribution in [3.8, 4) is 5.88 Å². The number of nitrogens with zero attached hydrogens (tertiary/aromatic N) is 1. The van der Waals surface area contributed by atoms with Crippen LogP contribution in [0.15, 0.2) is 42.6 Å². The average molecular weight is 289 g/mol. The molecule has 3 nitrogen and oxygen atoms in total. The highest BCUT2D eigenvalue weighted by Gasteiger charge is 2.20. The molecule has 1 aliphatic rings. The lowest BCUT2D eigenvalue weighted by Crippen LogP contribution is -2.16. The molecule has 0 atom stereocenters. The lowest BCUT2D eigenvalue weighted by atomic mass is 10.2. The third-order valence-corrected chi connectivity index (χ3v) is 3.55. The van der Waals surface area contributed by atoms with Crippen molar-refractivity contribution in [2.75, 3.05) is 0 Å². The van der Waals surface area contributed by atoms with E-state index in [1.807, 2.05) is 30.3 Å². The van der Waals surface area contributed by atoms with Crippen molar-refractivity contribution in [1.29, 1.82) is 0 Å². The van der Waals surface area contributed by atoms with Gasteiger partial charge in [-0.3, -0.25) is 0 Å². The van der Waals surface area contributed by atoms with Crippen molar-refractivity contribution in [3.05, 3.63) is 58.7 Å². The van der Waals surface area contributed by atoms with E-state index >= 15 is 0 Å². The van der Waals surface area contributed by atoms with E-state index in [4.69, 9.17) is 16.3 Å². The minimum Gasteiger partial charge on any atom is -0.473 e. The fraction of sp³-hybridized carbons (Fsp3) is 0.312. The molecule has 1 saturated carbocycles. The Balaban J connectivity index is 1.62. The van der Waals surface area contributed by atoms with Crippen LogP contribution in [0.3, 0.4) is 0 Å². The maximum absolute atomic E-state index is 5.87. The van der Waals surface area contributed by atoms with Gasteiger partial charge in [0.05, 0.1) is 0 Å². The summed E-state index contributed by atoms with van der Waals surface area (Å²) in [4.78, 5) is 4.32. The third-order valence-electron chi connectivity index (χ3n) is 3.30. The summed E-state index contributed by atoms with van der Waals surface area (Å²) in [7, 11) is 0. The molecule has 20 heavy (non-hydrogen) atoms. The molecule has 0 spiro atoms. The van der Waals surface area contributed by atoms with Crippen molar-refractivity contribution < 1.29 is 4.74 Å². The lowest BCUT2D eigenvalue weighted by molar-refractivity contribution is 0.289. The van der Waals surface area contributed by atoms with Crippen LogP contribution in [0.1, 0.15) is 24.0 Å². The minimum absolute atomic E-state index is 0.505. The Kier molecular flexibility index (Phi) is 4.19. The van der Waals surface area contributed by atoms with Crippen LogP contribution in [0.2, 0.25) is 5.02 Å². The predicted molar refractivity (Wildman–Crippen MR) is 79.9 cm³/mol. The molecule has 104 valence electrons. The van der Waals surface area contributed by atoms with Gasteiger partial charge in [-0.05, 0) is 36.6 Å². The van der Waals surface area contributed by atoms with Gasteiger partial charge in [0.15, 0.2) is 0 Å². The van der Waals surface area contributed by atoms with Gasteiger partial charge < -0.3 is 10.1 Å². The summed E-state index contributed by atoms with van der Waals surface area (Å²) >= 11 is 5.87. The topological polar surface area (TPSA) is 34.1 Å². The summed E-state index contributed by atoms with van der Waals surface area (Å²) in [5.41, 5.74) is 2.19. The van der Waals surface area contributed by atoms with E-state index in [2.05, 4.69) is 16.4 Å². The zero-order valence-corrected chi connectivity index (χ0v) is 11.9. The number of halogens is 1. The monoisotopic (exact) mass is 288 g/mol. The van der Waals surface area contributed by atoms with Gasteiger partial charge in [-0.1, -0.05) is 29.8 Å². The fourth-order valence-corrected chi connectivity index (χ4v) is 2.09. The quantitative estimate of drug-likeness (QED) is 0.882. The van der Waals surface area contributed by atoms with Crippen LogP contribution in [0, 0.1) is 0 Å². The molecule has 4 heteroatoms. The molecule has 1 heterocycles. The second kappa shape index (κ2) is 6.25. The van der Waals surface area contributed by atoms with E-state index in [0.717, 1.165) is 22.7 Å². The van der Waals surface area contributed by atoms with E-state index in [9.17, 15) is 0 Å². The van der Waals surface area contributed by atoms with Crippen molar-refractivity contribution in [1.82, 2.24) is 10.3 Å². The molecule has 0 radical (unpaired) electrons. The van der Waals surface area contributed by atoms with E-state index < -0.39 is 0 Å². The van der Waals surface area contributed by atoms with E-state index in [1.165, 1.54) is 12.8 Å². The number of hydrogen-bond acceptors (Lipinski definition) is 3. The first-order valence-electron chi connectivity index (χ1n) is 6.86. The number of aromatic nitrogens is 1. The van der Waals surface area contributed by atoms with E-state index in [0.29, 0.717) is 18.5 Å². The number of hydrogen-bond donors (Lipinski definition) is 1. The van der Waals surface area contributed by atoms with Gasteiger partial charge in [-0.25, -0.2) is 4.98 Å². The Morgan fingerprint density at radius 3 is 2.75 bits per heavy atom. The van der Waals surface area contributed by atoms with Crippen LogP contribution in [0.25, 0.3) is 0 Å². The molecular formula is C16H17ClN2O. The Labute approximate surface area is 123 Å². The maximum Gasteiger partial charge on any atom is 0.218 e. The first-order chi connectivity index (χ1) is 9.81. The zero-order chi connectivity index (χ0) is 13.8. The largest absolute Gasteiger partial charge is 0.473 e. The fourth-order valence-electron chi connectivity index (χ4n) is 1.96. The Bertz CT molecular complexity index is 567. The second-order valence-corrected chi connectivity index (χ2v) is 5.47. The van der Waals surface area contributed by atoms with Gasteiger partial charge in [0.25, 0.3) is 0 Å². The molecule has 0 aliphatic heterocycles. The standard InChI is InChI=1S/C16H17ClN2O/c17-14-5-3-12(4-6-14)11-20-16-13(2-1-9-18-16)10-19-15-7-8-15/h1-6,9,15,19H,7-8,10-11H2. The van der Waals surface area contributed by atoms with Crippen LogP contribution in [0.5, 0.6) is 5.88 Å². The number of benzene rings is 1. The van der Waals surface area contributed by atoms with Crippen molar-refractivity contribution in [2.45, 2.75) is 32.0 Å². The number of pyridine rings is 1. The molecule has 0 bridgehead atoms. The van der Waals surface area contributed by atoms with Gasteiger partial charge in [0.1, 0.15) is 6.61 Å². The van der Waals surface area contributed by atoms with E-state index in [1.54, 1.807) is 6.20 Å². The second-order valence-electron chi connectivity index (χ2n) is 5.04. The molecule has 2 aromatic rings. The van der Waals surface area contributed by atoms with Gasteiger partial charge in [0.2, 0.25) is 5.88 Å². The number of nitrogens with one attached hydrogen (secondary N) is 1. The first-order valence-corrected chi connectivity index (χ1v) is 7.23. The highest BCUT2D eigenvalue weighted by Crippen LogP contribution is 2.22. The van der Waals surface area contributed by atoms with Gasteiger partial charge in [0, 0.05) is 29.4 Å². The summed E-state index contributed by atoms with van der Waals surface area (Å²) in [5.74, 6) is 0.704. The zero-order valence-electron chi connectivity index (χ0n) is 11.2. The number of rotatable bonds is 6. The molecule has 0 amide bonds. The molecule has 1 aliphatic carbocycles. The van der Waals surface area contributed by atoms with Crippen LogP contribution in [0.4, 0.5) is 0 Å². The van der Waals surface area contributed by atoms with Crippen LogP contribution < -0.4 is 10.1 Å². The summed E-state index contributed by atoms with van der Waals surface area (Å²) in [6, 6.07) is 12.3. The minimum atomic E-state index is 0.505. The molecule has 0 saturated heterocycles. The normalized spacial score (nSPS) is 14.2. The SMILES string of the molecule is Clc1ccc(COc2ncccc2CNC2CC2)cc1.